The fraction of sp³-hybridized carbons (Fsp3) is 0.906. The molecule has 4 N–H and O–H groups in total. The summed E-state index contributed by atoms with van der Waals surface area (Å²) >= 11 is 0. The number of aliphatic hydroxyl groups is 3. The Morgan fingerprint density at radius 1 is 0.822 bits per heavy atom. The largest absolute Gasteiger partial charge is 0.457 e. The third-order valence-electron chi connectivity index (χ3n) is 7.64. The van der Waals surface area contributed by atoms with Crippen LogP contribution in [0.2, 0.25) is 0 Å². The minimum absolute atomic E-state index is 0.0349. The lowest BCUT2D eigenvalue weighted by Gasteiger charge is -2.41. The summed E-state index contributed by atoms with van der Waals surface area (Å²) in [6.45, 7) is 3.86. The third kappa shape index (κ3) is 20.6. The predicted molar refractivity (Wildman–Crippen MR) is 170 cm³/mol. The van der Waals surface area contributed by atoms with Gasteiger partial charge in [-0.3, -0.25) is 9.35 Å². The fourth-order valence-electron chi connectivity index (χ4n) is 5.00. The molecule has 45 heavy (non-hydrogen) atoms. The molecular formula is C32H60O12S. The number of ether oxygens (including phenoxy) is 4. The van der Waals surface area contributed by atoms with E-state index in [0.717, 1.165) is 57.8 Å². The van der Waals surface area contributed by atoms with Gasteiger partial charge in [-0.1, -0.05) is 96.6 Å². The van der Waals surface area contributed by atoms with Crippen LogP contribution in [-0.4, -0.2) is 97.5 Å². The van der Waals surface area contributed by atoms with Crippen LogP contribution in [0.4, 0.5) is 0 Å². The number of rotatable bonds is 28. The van der Waals surface area contributed by atoms with E-state index in [1.807, 2.05) is 0 Å². The molecule has 0 aliphatic carbocycles. The first-order chi connectivity index (χ1) is 21.6. The van der Waals surface area contributed by atoms with E-state index in [4.69, 9.17) is 23.5 Å². The zero-order valence-corrected chi connectivity index (χ0v) is 28.2. The van der Waals surface area contributed by atoms with Gasteiger partial charge in [0.2, 0.25) is 0 Å². The van der Waals surface area contributed by atoms with E-state index in [2.05, 4.69) is 30.2 Å². The molecule has 1 rings (SSSR count). The molecule has 1 fully saturated rings. The van der Waals surface area contributed by atoms with Crippen molar-refractivity contribution in [2.24, 2.45) is 0 Å². The van der Waals surface area contributed by atoms with E-state index < -0.39 is 59.8 Å². The summed E-state index contributed by atoms with van der Waals surface area (Å²) in [6, 6.07) is 0. The van der Waals surface area contributed by atoms with Gasteiger partial charge in [-0.25, -0.2) is 4.18 Å². The van der Waals surface area contributed by atoms with Crippen molar-refractivity contribution in [3.8, 4) is 0 Å². The summed E-state index contributed by atoms with van der Waals surface area (Å²) in [5.74, 6) is -0.414. The van der Waals surface area contributed by atoms with Crippen molar-refractivity contribution in [3.63, 3.8) is 0 Å². The summed E-state index contributed by atoms with van der Waals surface area (Å²) in [6.07, 6.45) is 12.8. The second kappa shape index (κ2) is 25.9. The smallest absolute Gasteiger partial charge is 0.397 e. The first-order valence-electron chi connectivity index (χ1n) is 16.9. The van der Waals surface area contributed by atoms with Crippen LogP contribution in [0.5, 0.6) is 0 Å². The number of hydrogen-bond donors (Lipinski definition) is 4. The van der Waals surface area contributed by atoms with Gasteiger partial charge in [-0.05, 0) is 32.1 Å². The van der Waals surface area contributed by atoms with E-state index >= 15 is 0 Å². The van der Waals surface area contributed by atoms with E-state index in [9.17, 15) is 28.5 Å². The van der Waals surface area contributed by atoms with Gasteiger partial charge in [0.1, 0.15) is 30.5 Å². The highest BCUT2D eigenvalue weighted by Crippen LogP contribution is 2.26. The maximum Gasteiger partial charge on any atom is 0.397 e. The Labute approximate surface area is 270 Å². The summed E-state index contributed by atoms with van der Waals surface area (Å²) in [5, 5.41) is 30.3. The Bertz CT molecular complexity index is 868. The van der Waals surface area contributed by atoms with Crippen LogP contribution in [0.1, 0.15) is 123 Å². The Hall–Kier alpha value is -1.16. The Morgan fingerprint density at radius 3 is 2.07 bits per heavy atom. The molecule has 0 saturated carbocycles. The molecule has 0 aromatic rings. The molecule has 6 atom stereocenters. The first-order valence-corrected chi connectivity index (χ1v) is 18.3. The van der Waals surface area contributed by atoms with Gasteiger partial charge >= 0.3 is 16.4 Å². The highest BCUT2D eigenvalue weighted by Gasteiger charge is 2.48. The number of aliphatic hydroxyl groups excluding tert-OH is 3. The number of hydrogen-bond acceptors (Lipinski definition) is 11. The molecule has 1 heterocycles. The van der Waals surface area contributed by atoms with Gasteiger partial charge in [-0.2, -0.15) is 8.42 Å². The van der Waals surface area contributed by atoms with Crippen LogP contribution >= 0.6 is 0 Å². The van der Waals surface area contributed by atoms with Crippen molar-refractivity contribution in [2.45, 2.75) is 160 Å². The molecule has 1 aliphatic heterocycles. The zero-order valence-electron chi connectivity index (χ0n) is 27.4. The Kier molecular flexibility index (Phi) is 24.1. The molecule has 6 unspecified atom stereocenters. The molecule has 0 radical (unpaired) electrons. The van der Waals surface area contributed by atoms with Crippen LogP contribution in [0, 0.1) is 0 Å². The van der Waals surface area contributed by atoms with E-state index in [-0.39, 0.29) is 19.6 Å². The Balaban J connectivity index is 2.58. The van der Waals surface area contributed by atoms with Crippen LogP contribution < -0.4 is 0 Å². The maximum atomic E-state index is 12.6. The van der Waals surface area contributed by atoms with Crippen molar-refractivity contribution in [3.05, 3.63) is 12.2 Å². The first kappa shape index (κ1) is 41.9. The molecule has 0 aromatic heterocycles. The predicted octanol–water partition coefficient (Wildman–Crippen LogP) is 4.79. The highest BCUT2D eigenvalue weighted by molar-refractivity contribution is 7.80. The third-order valence-corrected chi connectivity index (χ3v) is 8.10. The average Bonchev–Trinajstić information content (AvgIpc) is 3.00. The lowest BCUT2D eigenvalue weighted by atomic mass is 9.99. The van der Waals surface area contributed by atoms with Crippen LogP contribution in [0.15, 0.2) is 12.2 Å². The minimum Gasteiger partial charge on any atom is -0.457 e. The van der Waals surface area contributed by atoms with Crippen molar-refractivity contribution in [1.29, 1.82) is 0 Å². The van der Waals surface area contributed by atoms with Crippen LogP contribution in [0.25, 0.3) is 0 Å². The second-order valence-electron chi connectivity index (χ2n) is 11.8. The summed E-state index contributed by atoms with van der Waals surface area (Å²) in [4.78, 5) is 12.6. The van der Waals surface area contributed by atoms with Crippen molar-refractivity contribution < 1.29 is 56.2 Å². The molecule has 1 saturated heterocycles. The van der Waals surface area contributed by atoms with E-state index in [0.29, 0.717) is 13.0 Å². The quantitative estimate of drug-likeness (QED) is 0.0389. The lowest BCUT2D eigenvalue weighted by molar-refractivity contribution is -0.301. The topological polar surface area (TPSA) is 178 Å². The van der Waals surface area contributed by atoms with Crippen molar-refractivity contribution in [2.75, 3.05) is 26.4 Å². The molecule has 1 aliphatic rings. The zero-order chi connectivity index (χ0) is 33.3. The minimum atomic E-state index is -5.05. The monoisotopic (exact) mass is 668 g/mol. The number of unbranched alkanes of at least 4 members (excludes halogenated alkanes) is 13. The van der Waals surface area contributed by atoms with Gasteiger partial charge in [0, 0.05) is 13.0 Å². The molecule has 12 nitrogen and oxygen atoms in total. The maximum absolute atomic E-state index is 12.6. The van der Waals surface area contributed by atoms with E-state index in [1.165, 1.54) is 38.5 Å². The van der Waals surface area contributed by atoms with E-state index in [1.54, 1.807) is 0 Å². The second-order valence-corrected chi connectivity index (χ2v) is 12.8. The lowest BCUT2D eigenvalue weighted by Crippen LogP contribution is -2.60. The highest BCUT2D eigenvalue weighted by atomic mass is 32.3. The number of carbonyl (C=O) groups is 1. The van der Waals surface area contributed by atoms with Gasteiger partial charge < -0.3 is 34.3 Å². The van der Waals surface area contributed by atoms with Gasteiger partial charge in [0.15, 0.2) is 6.29 Å². The normalized spacial score (nSPS) is 23.0. The van der Waals surface area contributed by atoms with Crippen molar-refractivity contribution >= 4 is 16.4 Å². The van der Waals surface area contributed by atoms with Crippen LogP contribution in [-0.2, 0) is 38.3 Å². The number of esters is 1. The molecular weight excluding hydrogens is 608 g/mol. The SMILES string of the molecule is CCCC/C=C\CCCCCCCC(=O)OC(COCCCCCCCCC)COC1OC(CO)C(O)C(OS(=O)(=O)O)C1O. The number of carbonyl (C=O) groups excluding carboxylic acids is 1. The summed E-state index contributed by atoms with van der Waals surface area (Å²) in [5.41, 5.74) is 0. The molecule has 266 valence electrons. The average molecular weight is 669 g/mol. The molecule has 13 heteroatoms. The number of allylic oxidation sites excluding steroid dienone is 2. The molecule has 0 bridgehead atoms. The van der Waals surface area contributed by atoms with Gasteiger partial charge in [0.05, 0.1) is 19.8 Å². The standard InChI is InChI=1S/C32H60O12S/c1-3-5-7-9-11-12-13-14-15-17-19-21-28(34)42-26(24-40-22-20-18-16-10-8-6-4-2)25-41-32-30(36)31(44-45(37,38)39)29(35)27(23-33)43-32/h9,11,26-27,29-33,35-36H,3-8,10,12-25H2,1-2H3,(H,37,38,39)/b11-9-. The van der Waals surface area contributed by atoms with Crippen LogP contribution in [0.3, 0.4) is 0 Å². The fourth-order valence-corrected chi connectivity index (χ4v) is 5.51. The van der Waals surface area contributed by atoms with Gasteiger partial charge in [-0.15, -0.1) is 0 Å². The van der Waals surface area contributed by atoms with Crippen molar-refractivity contribution in [1.82, 2.24) is 0 Å². The molecule has 0 aromatic carbocycles. The van der Waals surface area contributed by atoms with Gasteiger partial charge in [0.25, 0.3) is 0 Å². The summed E-state index contributed by atoms with van der Waals surface area (Å²) in [7, 11) is -5.05. The Morgan fingerprint density at radius 2 is 1.42 bits per heavy atom. The summed E-state index contributed by atoms with van der Waals surface area (Å²) < 4.78 is 58.4. The molecule has 0 amide bonds. The molecule has 0 spiro atoms.